The first-order chi connectivity index (χ1) is 7.22. The van der Waals surface area contributed by atoms with Gasteiger partial charge in [-0.25, -0.2) is 4.79 Å². The summed E-state index contributed by atoms with van der Waals surface area (Å²) in [6.07, 6.45) is 3.16. The van der Waals surface area contributed by atoms with Crippen molar-refractivity contribution in [1.29, 1.82) is 0 Å². The molecular formula is C11H16N2O2. The van der Waals surface area contributed by atoms with Crippen LogP contribution < -0.4 is 5.32 Å². The van der Waals surface area contributed by atoms with Gasteiger partial charge >= 0.3 is 5.97 Å². The number of nitrogens with one attached hydrogen (secondary N) is 1. The highest BCUT2D eigenvalue weighted by Crippen LogP contribution is 2.24. The van der Waals surface area contributed by atoms with E-state index in [-0.39, 0.29) is 5.97 Å². The van der Waals surface area contributed by atoms with Crippen LogP contribution in [0, 0.1) is 0 Å². The zero-order chi connectivity index (χ0) is 10.8. The molecule has 4 heteroatoms. The van der Waals surface area contributed by atoms with Crippen molar-refractivity contribution in [2.45, 2.75) is 12.3 Å². The molecule has 0 saturated carbocycles. The first-order valence-corrected chi connectivity index (χ1v) is 5.17. The van der Waals surface area contributed by atoms with Crippen molar-refractivity contribution < 1.29 is 9.53 Å². The van der Waals surface area contributed by atoms with Gasteiger partial charge in [0.1, 0.15) is 5.69 Å². The number of carbonyl (C=O) groups excluding carboxylic acids is 1. The lowest BCUT2D eigenvalue weighted by atomic mass is 10.0. The minimum absolute atomic E-state index is 0.269. The minimum atomic E-state index is -0.269. The van der Waals surface area contributed by atoms with Gasteiger partial charge in [-0.15, -0.1) is 0 Å². The molecule has 0 bridgehead atoms. The van der Waals surface area contributed by atoms with Crippen molar-refractivity contribution in [2.75, 3.05) is 20.2 Å². The Morgan fingerprint density at radius 1 is 1.67 bits per heavy atom. The van der Waals surface area contributed by atoms with Crippen molar-refractivity contribution in [3.8, 4) is 0 Å². The molecule has 0 aliphatic carbocycles. The Labute approximate surface area is 89.2 Å². The van der Waals surface area contributed by atoms with E-state index in [1.54, 1.807) is 0 Å². The summed E-state index contributed by atoms with van der Waals surface area (Å²) >= 11 is 0. The predicted molar refractivity (Wildman–Crippen MR) is 57.0 cm³/mol. The molecule has 0 amide bonds. The van der Waals surface area contributed by atoms with Crippen LogP contribution in [0.25, 0.3) is 0 Å². The van der Waals surface area contributed by atoms with Gasteiger partial charge in [-0.1, -0.05) is 0 Å². The van der Waals surface area contributed by atoms with E-state index < -0.39 is 0 Å². The Balaban J connectivity index is 2.23. The number of ether oxygens (including phenoxy) is 1. The van der Waals surface area contributed by atoms with Crippen LogP contribution in [-0.2, 0) is 11.8 Å². The van der Waals surface area contributed by atoms with E-state index in [2.05, 4.69) is 5.32 Å². The molecule has 1 unspecified atom stereocenters. The average molecular weight is 208 g/mol. The maximum atomic E-state index is 11.4. The van der Waals surface area contributed by atoms with Gasteiger partial charge in [0.2, 0.25) is 0 Å². The smallest absolute Gasteiger partial charge is 0.354 e. The number of hydrogen-bond donors (Lipinski definition) is 1. The summed E-state index contributed by atoms with van der Waals surface area (Å²) in [7, 11) is 3.28. The first kappa shape index (κ1) is 10.2. The molecule has 0 radical (unpaired) electrons. The van der Waals surface area contributed by atoms with Gasteiger partial charge < -0.3 is 14.6 Å². The van der Waals surface area contributed by atoms with E-state index in [1.807, 2.05) is 23.9 Å². The van der Waals surface area contributed by atoms with Crippen molar-refractivity contribution in [3.05, 3.63) is 23.5 Å². The quantitative estimate of drug-likeness (QED) is 0.734. The summed E-state index contributed by atoms with van der Waals surface area (Å²) in [6.45, 7) is 2.07. The number of carbonyl (C=O) groups is 1. The molecule has 1 aliphatic heterocycles. The Morgan fingerprint density at radius 2 is 2.47 bits per heavy atom. The molecule has 1 aromatic rings. The Kier molecular flexibility index (Phi) is 2.77. The molecule has 0 aromatic carbocycles. The maximum absolute atomic E-state index is 11.4. The average Bonchev–Trinajstić information content (AvgIpc) is 2.84. The largest absolute Gasteiger partial charge is 0.464 e. The Hall–Kier alpha value is -1.29. The van der Waals surface area contributed by atoms with E-state index in [4.69, 9.17) is 4.74 Å². The second-order valence-corrected chi connectivity index (χ2v) is 3.95. The standard InChI is InChI=1S/C11H16N2O2/c1-13-7-9(8-3-4-12-6-8)5-10(13)11(14)15-2/h5,7-8,12H,3-4,6H2,1-2H3. The molecule has 82 valence electrons. The van der Waals surface area contributed by atoms with E-state index in [9.17, 15) is 4.79 Å². The number of rotatable bonds is 2. The molecule has 2 heterocycles. The highest BCUT2D eigenvalue weighted by atomic mass is 16.5. The van der Waals surface area contributed by atoms with Crippen molar-refractivity contribution in [2.24, 2.45) is 7.05 Å². The molecule has 1 fully saturated rings. The fourth-order valence-corrected chi connectivity index (χ4v) is 2.06. The molecule has 1 saturated heterocycles. The van der Waals surface area contributed by atoms with Gasteiger partial charge in [-0.2, -0.15) is 0 Å². The monoisotopic (exact) mass is 208 g/mol. The lowest BCUT2D eigenvalue weighted by molar-refractivity contribution is 0.0590. The summed E-state index contributed by atoms with van der Waals surface area (Å²) in [5.74, 6) is 0.268. The van der Waals surface area contributed by atoms with Crippen LogP contribution in [0.1, 0.15) is 28.4 Å². The summed E-state index contributed by atoms with van der Waals surface area (Å²) in [5, 5.41) is 3.32. The van der Waals surface area contributed by atoms with Gasteiger partial charge in [0.25, 0.3) is 0 Å². The van der Waals surface area contributed by atoms with E-state index in [0.29, 0.717) is 11.6 Å². The third-order valence-electron chi connectivity index (χ3n) is 2.95. The number of aromatic nitrogens is 1. The number of hydrogen-bond acceptors (Lipinski definition) is 3. The van der Waals surface area contributed by atoms with Crippen LogP contribution in [0.3, 0.4) is 0 Å². The van der Waals surface area contributed by atoms with Crippen molar-refractivity contribution >= 4 is 5.97 Å². The fraction of sp³-hybridized carbons (Fsp3) is 0.545. The van der Waals surface area contributed by atoms with Gasteiger partial charge in [-0.05, 0) is 30.5 Å². The number of methoxy groups -OCH3 is 1. The molecular weight excluding hydrogens is 192 g/mol. The fourth-order valence-electron chi connectivity index (χ4n) is 2.06. The van der Waals surface area contributed by atoms with E-state index in [1.165, 1.54) is 12.7 Å². The summed E-state index contributed by atoms with van der Waals surface area (Å²) < 4.78 is 6.55. The third-order valence-corrected chi connectivity index (χ3v) is 2.95. The summed E-state index contributed by atoms with van der Waals surface area (Å²) in [6, 6.07) is 1.93. The first-order valence-electron chi connectivity index (χ1n) is 5.17. The zero-order valence-corrected chi connectivity index (χ0v) is 9.12. The van der Waals surface area contributed by atoms with Crippen LogP contribution in [-0.4, -0.2) is 30.7 Å². The van der Waals surface area contributed by atoms with E-state index >= 15 is 0 Å². The SMILES string of the molecule is COC(=O)c1cc(C2CCNC2)cn1C. The Morgan fingerprint density at radius 3 is 3.07 bits per heavy atom. The predicted octanol–water partition coefficient (Wildman–Crippen LogP) is 0.889. The zero-order valence-electron chi connectivity index (χ0n) is 9.12. The van der Waals surface area contributed by atoms with Crippen LogP contribution in [0.15, 0.2) is 12.3 Å². The van der Waals surface area contributed by atoms with Gasteiger partial charge in [0.05, 0.1) is 7.11 Å². The lowest BCUT2D eigenvalue weighted by Gasteiger charge is -2.03. The highest BCUT2D eigenvalue weighted by molar-refractivity contribution is 5.88. The second kappa shape index (κ2) is 4.06. The lowest BCUT2D eigenvalue weighted by Crippen LogP contribution is -2.07. The summed E-state index contributed by atoms with van der Waals surface area (Å²) in [5.41, 5.74) is 1.85. The minimum Gasteiger partial charge on any atom is -0.464 e. The van der Waals surface area contributed by atoms with Crippen LogP contribution in [0.5, 0.6) is 0 Å². The second-order valence-electron chi connectivity index (χ2n) is 3.95. The van der Waals surface area contributed by atoms with Gasteiger partial charge in [0.15, 0.2) is 0 Å². The normalized spacial score (nSPS) is 20.5. The van der Waals surface area contributed by atoms with Crippen molar-refractivity contribution in [3.63, 3.8) is 0 Å². The molecule has 4 nitrogen and oxygen atoms in total. The number of nitrogens with zero attached hydrogens (tertiary/aromatic N) is 1. The number of aryl methyl sites for hydroxylation is 1. The maximum Gasteiger partial charge on any atom is 0.354 e. The molecule has 1 aromatic heterocycles. The highest BCUT2D eigenvalue weighted by Gasteiger charge is 2.20. The number of esters is 1. The molecule has 2 rings (SSSR count). The van der Waals surface area contributed by atoms with Crippen LogP contribution >= 0.6 is 0 Å². The topological polar surface area (TPSA) is 43.3 Å². The van der Waals surface area contributed by atoms with Crippen molar-refractivity contribution in [1.82, 2.24) is 9.88 Å². The molecule has 1 N–H and O–H groups in total. The van der Waals surface area contributed by atoms with Crippen LogP contribution in [0.4, 0.5) is 0 Å². The van der Waals surface area contributed by atoms with Crippen LogP contribution in [0.2, 0.25) is 0 Å². The molecule has 1 aliphatic rings. The van der Waals surface area contributed by atoms with Gasteiger partial charge in [0, 0.05) is 19.8 Å². The summed E-state index contributed by atoms with van der Waals surface area (Å²) in [4.78, 5) is 11.4. The van der Waals surface area contributed by atoms with E-state index in [0.717, 1.165) is 19.5 Å². The van der Waals surface area contributed by atoms with Gasteiger partial charge in [-0.3, -0.25) is 0 Å². The third kappa shape index (κ3) is 1.90. The molecule has 1 atom stereocenters. The Bertz CT molecular complexity index is 365. The molecule has 0 spiro atoms. The molecule has 15 heavy (non-hydrogen) atoms.